The fraction of sp³-hybridized carbons (Fsp3) is 0.125. The van der Waals surface area contributed by atoms with Crippen LogP contribution in [0.3, 0.4) is 0 Å². The van der Waals surface area contributed by atoms with Gasteiger partial charge in [0.25, 0.3) is 0 Å². The van der Waals surface area contributed by atoms with Gasteiger partial charge in [-0.3, -0.25) is 0 Å². The molecule has 0 bridgehead atoms. The van der Waals surface area contributed by atoms with Crippen molar-refractivity contribution in [3.05, 3.63) is 34.8 Å². The lowest BCUT2D eigenvalue weighted by Gasteiger charge is -1.95. The minimum Gasteiger partial charge on any atom is -0.208 e. The summed E-state index contributed by atoms with van der Waals surface area (Å²) in [5, 5.41) is 2.31. The van der Waals surface area contributed by atoms with Crippen LogP contribution in [0.1, 0.15) is 6.92 Å². The molecule has 1 heterocycles. The van der Waals surface area contributed by atoms with Crippen molar-refractivity contribution in [2.45, 2.75) is 6.92 Å². The Morgan fingerprint density at radius 2 is 2.09 bits per heavy atom. The Morgan fingerprint density at radius 3 is 2.91 bits per heavy atom. The first kappa shape index (κ1) is 7.09. The van der Waals surface area contributed by atoms with Crippen molar-refractivity contribution in [2.75, 3.05) is 0 Å². The first-order valence-electron chi connectivity index (χ1n) is 3.36. The molecule has 0 amide bonds. The third kappa shape index (κ3) is 1.24. The third-order valence-corrected chi connectivity index (χ3v) is 3.26. The average molecular weight is 258 g/mol. The Kier molecular flexibility index (Phi) is 1.81. The summed E-state index contributed by atoms with van der Waals surface area (Å²) in [6, 6.07) is 8.16. The van der Waals surface area contributed by atoms with E-state index in [1.807, 2.05) is 25.1 Å². The van der Waals surface area contributed by atoms with Crippen molar-refractivity contribution in [3.63, 3.8) is 0 Å². The molecular weight excluding hydrogens is 251 g/mol. The van der Waals surface area contributed by atoms with Gasteiger partial charge in [0.1, 0.15) is 21.3 Å². The molecule has 0 N–H and O–H groups in total. The quantitative estimate of drug-likeness (QED) is 0.630. The van der Waals surface area contributed by atoms with Gasteiger partial charge in [0.2, 0.25) is 0 Å². The van der Waals surface area contributed by atoms with Crippen molar-refractivity contribution in [1.29, 1.82) is 0 Å². The van der Waals surface area contributed by atoms with E-state index in [4.69, 9.17) is 0 Å². The summed E-state index contributed by atoms with van der Waals surface area (Å²) in [4.78, 5) is 0. The molecule has 0 atom stereocenters. The first-order chi connectivity index (χ1) is 5.38. The second-order valence-corrected chi connectivity index (χ2v) is 3.74. The van der Waals surface area contributed by atoms with Gasteiger partial charge < -0.3 is 0 Å². The molecule has 0 unspecified atom stereocenters. The predicted molar refractivity (Wildman–Crippen MR) is 52.8 cm³/mol. The Hall–Kier alpha value is -0.580. The molecule has 0 saturated heterocycles. The lowest BCUT2D eigenvalue weighted by atomic mass is 10.2. The van der Waals surface area contributed by atoms with Crippen LogP contribution in [0.5, 0.6) is 0 Å². The molecule has 0 spiro atoms. The van der Waals surface area contributed by atoms with E-state index in [1.165, 1.54) is 5.22 Å². The fourth-order valence-corrected chi connectivity index (χ4v) is 2.36. The molecule has 0 fully saturated rings. The lowest BCUT2D eigenvalue weighted by molar-refractivity contribution is 1.35. The van der Waals surface area contributed by atoms with Crippen LogP contribution in [-0.4, -0.2) is 0 Å². The van der Waals surface area contributed by atoms with Crippen LogP contribution in [0.25, 0.3) is 5.70 Å². The van der Waals surface area contributed by atoms with E-state index in [-0.39, 0.29) is 21.3 Å². The highest BCUT2D eigenvalue weighted by Crippen LogP contribution is 2.09. The van der Waals surface area contributed by atoms with Gasteiger partial charge >= 0.3 is 0 Å². The Bertz CT molecular complexity index is 420. The average Bonchev–Trinajstić information content (AvgIpc) is 2.06. The summed E-state index contributed by atoms with van der Waals surface area (Å²) >= 11 is -0.302. The molecule has 11 heavy (non-hydrogen) atoms. The third-order valence-electron chi connectivity index (χ3n) is 1.59. The van der Waals surface area contributed by atoms with Crippen molar-refractivity contribution in [3.8, 4) is 0 Å². The van der Waals surface area contributed by atoms with Crippen molar-refractivity contribution in [2.24, 2.45) is 6.35 Å². The summed E-state index contributed by atoms with van der Waals surface area (Å²) in [5.41, 5.74) is 1.14. The zero-order valence-electron chi connectivity index (χ0n) is 6.08. The number of benzene rings is 1. The predicted octanol–water partition coefficient (Wildman–Crippen LogP) is 1.52. The van der Waals surface area contributed by atoms with Crippen molar-refractivity contribution in [1.82, 2.24) is 0 Å². The van der Waals surface area contributed by atoms with Gasteiger partial charge in [0, 0.05) is 5.22 Å². The standard InChI is InChI=1S/C8H7IN2/c1-6-7-4-2-3-5-8(7)11-9-10-6/h2-5H,1H3. The highest BCUT2D eigenvalue weighted by molar-refractivity contribution is 14.1. The van der Waals surface area contributed by atoms with Gasteiger partial charge in [-0.2, -0.15) is 0 Å². The van der Waals surface area contributed by atoms with E-state index < -0.39 is 0 Å². The van der Waals surface area contributed by atoms with Gasteiger partial charge in [-0.1, -0.05) is 18.2 Å². The zero-order valence-corrected chi connectivity index (χ0v) is 8.24. The monoisotopic (exact) mass is 258 g/mol. The number of hydrogen-bond donors (Lipinski definition) is 0. The second kappa shape index (κ2) is 2.81. The first-order valence-corrected chi connectivity index (χ1v) is 5.29. The molecule has 0 aromatic heterocycles. The molecule has 0 saturated carbocycles. The highest BCUT2D eigenvalue weighted by atomic mass is 127. The van der Waals surface area contributed by atoms with Crippen molar-refractivity contribution >= 4 is 27.0 Å². The Balaban J connectivity index is 2.97. The smallest absolute Gasteiger partial charge is 0.143 e. The number of hydrogen-bond acceptors (Lipinski definition) is 2. The number of fused-ring (bicyclic) bond motifs is 1. The van der Waals surface area contributed by atoms with Crippen LogP contribution >= 0.6 is 21.3 Å². The highest BCUT2D eigenvalue weighted by Gasteiger charge is 1.94. The molecule has 1 aromatic rings. The summed E-state index contributed by atoms with van der Waals surface area (Å²) in [6.45, 7) is 2.05. The molecule has 1 aromatic carbocycles. The zero-order chi connectivity index (χ0) is 7.68. The van der Waals surface area contributed by atoms with Crippen LogP contribution in [0.2, 0.25) is 0 Å². The van der Waals surface area contributed by atoms with Crippen LogP contribution in [-0.2, 0) is 0 Å². The summed E-state index contributed by atoms with van der Waals surface area (Å²) in [6.07, 6.45) is 0. The van der Waals surface area contributed by atoms with E-state index in [2.05, 4.69) is 12.4 Å². The molecular formula is C8H7IN2. The largest absolute Gasteiger partial charge is 0.208 e. The van der Waals surface area contributed by atoms with E-state index in [0.29, 0.717) is 0 Å². The Labute approximate surface area is 75.2 Å². The van der Waals surface area contributed by atoms with E-state index in [9.17, 15) is 0 Å². The van der Waals surface area contributed by atoms with Crippen LogP contribution in [0.4, 0.5) is 0 Å². The van der Waals surface area contributed by atoms with Gasteiger partial charge in [-0.25, -0.2) is 6.35 Å². The maximum atomic E-state index is 4.37. The molecule has 0 radical (unpaired) electrons. The van der Waals surface area contributed by atoms with Crippen LogP contribution in [0.15, 0.2) is 30.6 Å². The number of nitrogens with zero attached hydrogens (tertiary/aromatic N) is 2. The maximum absolute atomic E-state index is 4.37. The Morgan fingerprint density at radius 1 is 1.27 bits per heavy atom. The topological polar surface area (TPSA) is 24.7 Å². The molecule has 1 aliphatic heterocycles. The molecule has 2 rings (SSSR count). The number of rotatable bonds is 0. The number of halogens is 1. The summed E-state index contributed by atoms with van der Waals surface area (Å²) in [7, 11) is 0. The lowest BCUT2D eigenvalue weighted by Crippen LogP contribution is -2.25. The minimum atomic E-state index is -0.302. The van der Waals surface area contributed by atoms with Crippen LogP contribution in [0, 0.1) is 0 Å². The fourth-order valence-electron chi connectivity index (χ4n) is 1.02. The second-order valence-electron chi connectivity index (χ2n) is 2.35. The van der Waals surface area contributed by atoms with E-state index in [0.717, 1.165) is 11.1 Å². The molecule has 2 nitrogen and oxygen atoms in total. The van der Waals surface area contributed by atoms with Crippen LogP contribution < -0.4 is 10.6 Å². The molecule has 1 aliphatic rings. The molecule has 56 valence electrons. The SMILES string of the molecule is CC1=c2ccccc2=NI=N1. The minimum absolute atomic E-state index is 0.302. The summed E-state index contributed by atoms with van der Waals surface area (Å²) in [5.74, 6) is 0. The molecule has 3 heteroatoms. The van der Waals surface area contributed by atoms with Gasteiger partial charge in [0.15, 0.2) is 0 Å². The van der Waals surface area contributed by atoms with E-state index >= 15 is 0 Å². The van der Waals surface area contributed by atoms with Gasteiger partial charge in [0.05, 0.1) is 11.1 Å². The summed E-state index contributed by atoms with van der Waals surface area (Å²) < 4.78 is 8.70. The van der Waals surface area contributed by atoms with Gasteiger partial charge in [-0.05, 0) is 13.0 Å². The van der Waals surface area contributed by atoms with Crippen molar-refractivity contribution < 1.29 is 0 Å². The maximum Gasteiger partial charge on any atom is 0.143 e. The van der Waals surface area contributed by atoms with E-state index in [1.54, 1.807) is 0 Å². The normalized spacial score (nSPS) is 14.8. The van der Waals surface area contributed by atoms with Gasteiger partial charge in [-0.15, -0.1) is 0 Å². The molecule has 0 aliphatic carbocycles.